The SMILES string of the molecule is CCn1c(=O)c(C(=O)CN2CCCN(CC(=O)NC(C)(C)C)CC2)c(N)n(Cc2ccccc2)c1=O. The summed E-state index contributed by atoms with van der Waals surface area (Å²) in [4.78, 5) is 55.7. The fourth-order valence-electron chi connectivity index (χ4n) is 4.46. The largest absolute Gasteiger partial charge is 0.384 e. The number of hydrogen-bond donors (Lipinski definition) is 2. The van der Waals surface area contributed by atoms with E-state index in [0.717, 1.165) is 23.1 Å². The predicted octanol–water partition coefficient (Wildman–Crippen LogP) is 0.766. The molecule has 0 atom stereocenters. The monoisotopic (exact) mass is 498 g/mol. The van der Waals surface area contributed by atoms with Crippen molar-refractivity contribution in [2.45, 2.75) is 52.7 Å². The second kappa shape index (κ2) is 11.7. The maximum atomic E-state index is 13.3. The summed E-state index contributed by atoms with van der Waals surface area (Å²) in [5, 5.41) is 2.98. The molecule has 3 rings (SSSR count). The van der Waals surface area contributed by atoms with Crippen molar-refractivity contribution < 1.29 is 9.59 Å². The highest BCUT2D eigenvalue weighted by atomic mass is 16.2. The van der Waals surface area contributed by atoms with Crippen molar-refractivity contribution in [1.82, 2.24) is 24.3 Å². The molecule has 10 heteroatoms. The Morgan fingerprint density at radius 1 is 0.944 bits per heavy atom. The van der Waals surface area contributed by atoms with Crippen LogP contribution in [0.2, 0.25) is 0 Å². The minimum absolute atomic E-state index is 0.0225. The van der Waals surface area contributed by atoms with Crippen molar-refractivity contribution in [3.05, 3.63) is 62.3 Å². The quantitative estimate of drug-likeness (QED) is 0.515. The van der Waals surface area contributed by atoms with E-state index in [1.54, 1.807) is 6.92 Å². The molecule has 1 aliphatic rings. The number of amides is 1. The molecule has 1 amide bonds. The molecular formula is C26H38N6O4. The number of nitrogens with one attached hydrogen (secondary N) is 1. The zero-order valence-corrected chi connectivity index (χ0v) is 21.7. The van der Waals surface area contributed by atoms with E-state index in [1.807, 2.05) is 56.0 Å². The Hall–Kier alpha value is -3.24. The molecule has 0 radical (unpaired) electrons. The molecule has 3 N–H and O–H groups in total. The summed E-state index contributed by atoms with van der Waals surface area (Å²) in [5.41, 5.74) is 5.51. The van der Waals surface area contributed by atoms with Gasteiger partial charge in [-0.15, -0.1) is 0 Å². The first kappa shape index (κ1) is 27.3. The summed E-state index contributed by atoms with van der Waals surface area (Å²) in [6.07, 6.45) is 0.790. The molecule has 2 aromatic rings. The van der Waals surface area contributed by atoms with Crippen LogP contribution >= 0.6 is 0 Å². The summed E-state index contributed by atoms with van der Waals surface area (Å²) in [6, 6.07) is 9.30. The standard InChI is InChI=1S/C26H38N6O4/c1-5-31-24(35)22(23(27)32(25(31)36)16-19-10-7-6-8-11-19)20(33)17-29-12-9-13-30(15-14-29)18-21(34)28-26(2,3)4/h6-8,10-11H,5,9,12-18,27H2,1-4H3,(H,28,34). The Morgan fingerprint density at radius 3 is 2.14 bits per heavy atom. The third-order valence-corrected chi connectivity index (χ3v) is 6.18. The Balaban J connectivity index is 1.76. The van der Waals surface area contributed by atoms with Crippen LogP contribution in [0.5, 0.6) is 0 Å². The van der Waals surface area contributed by atoms with Crippen LogP contribution in [0.1, 0.15) is 50.0 Å². The van der Waals surface area contributed by atoms with Crippen LogP contribution in [0.4, 0.5) is 5.82 Å². The van der Waals surface area contributed by atoms with Gasteiger partial charge in [0.25, 0.3) is 5.56 Å². The number of Topliss-reactive ketones (excluding diaryl/α,β-unsaturated/α-hetero) is 1. The molecule has 0 bridgehead atoms. The Bertz CT molecular complexity index is 1200. The second-order valence-corrected chi connectivity index (χ2v) is 10.3. The first-order chi connectivity index (χ1) is 17.0. The zero-order valence-electron chi connectivity index (χ0n) is 21.7. The summed E-state index contributed by atoms with van der Waals surface area (Å²) in [6.45, 7) is 10.8. The van der Waals surface area contributed by atoms with Gasteiger partial charge in [0.1, 0.15) is 11.4 Å². The molecule has 1 saturated heterocycles. The third kappa shape index (κ3) is 6.92. The van der Waals surface area contributed by atoms with Crippen LogP contribution in [0, 0.1) is 0 Å². The van der Waals surface area contributed by atoms with Gasteiger partial charge in [-0.25, -0.2) is 4.79 Å². The second-order valence-electron chi connectivity index (χ2n) is 10.3. The molecule has 1 fully saturated rings. The van der Waals surface area contributed by atoms with E-state index in [4.69, 9.17) is 5.73 Å². The molecule has 1 aliphatic heterocycles. The van der Waals surface area contributed by atoms with Crippen molar-refractivity contribution in [2.75, 3.05) is 45.0 Å². The van der Waals surface area contributed by atoms with Gasteiger partial charge in [-0.2, -0.15) is 0 Å². The number of benzene rings is 1. The molecule has 0 aliphatic carbocycles. The van der Waals surface area contributed by atoms with E-state index >= 15 is 0 Å². The van der Waals surface area contributed by atoms with E-state index in [2.05, 4.69) is 10.2 Å². The number of carbonyl (C=O) groups is 2. The van der Waals surface area contributed by atoms with Gasteiger partial charge in [0.05, 0.1) is 19.6 Å². The topological polar surface area (TPSA) is 123 Å². The van der Waals surface area contributed by atoms with Gasteiger partial charge in [-0.3, -0.25) is 33.3 Å². The van der Waals surface area contributed by atoms with E-state index < -0.39 is 17.0 Å². The zero-order chi connectivity index (χ0) is 26.5. The van der Waals surface area contributed by atoms with Crippen LogP contribution in [0.15, 0.2) is 39.9 Å². The lowest BCUT2D eigenvalue weighted by atomic mass is 10.1. The van der Waals surface area contributed by atoms with Gasteiger partial charge in [0, 0.05) is 25.2 Å². The number of hydrogen-bond acceptors (Lipinski definition) is 7. The van der Waals surface area contributed by atoms with Crippen molar-refractivity contribution >= 4 is 17.5 Å². The molecule has 0 spiro atoms. The molecule has 196 valence electrons. The third-order valence-electron chi connectivity index (χ3n) is 6.18. The first-order valence-electron chi connectivity index (χ1n) is 12.5. The predicted molar refractivity (Wildman–Crippen MR) is 140 cm³/mol. The number of aromatic nitrogens is 2. The Morgan fingerprint density at radius 2 is 1.56 bits per heavy atom. The van der Waals surface area contributed by atoms with E-state index in [9.17, 15) is 19.2 Å². The average molecular weight is 499 g/mol. The van der Waals surface area contributed by atoms with Gasteiger partial charge in [0.15, 0.2) is 5.78 Å². The summed E-state index contributed by atoms with van der Waals surface area (Å²) < 4.78 is 2.36. The summed E-state index contributed by atoms with van der Waals surface area (Å²) in [7, 11) is 0. The van der Waals surface area contributed by atoms with E-state index in [1.165, 1.54) is 4.57 Å². The maximum Gasteiger partial charge on any atom is 0.332 e. The Labute approximate surface area is 211 Å². The molecule has 2 heterocycles. The fourth-order valence-corrected chi connectivity index (χ4v) is 4.46. The highest BCUT2D eigenvalue weighted by Gasteiger charge is 2.26. The van der Waals surface area contributed by atoms with Gasteiger partial charge in [-0.05, 0) is 52.8 Å². The van der Waals surface area contributed by atoms with Crippen LogP contribution in [-0.4, -0.2) is 75.4 Å². The highest BCUT2D eigenvalue weighted by molar-refractivity contribution is 6.01. The number of nitrogens with zero attached hydrogens (tertiary/aromatic N) is 4. The summed E-state index contributed by atoms with van der Waals surface area (Å²) in [5.74, 6) is -0.528. The molecule has 0 unspecified atom stereocenters. The van der Waals surface area contributed by atoms with Crippen molar-refractivity contribution in [3.8, 4) is 0 Å². The number of ketones is 1. The molecule has 36 heavy (non-hydrogen) atoms. The molecular weight excluding hydrogens is 460 g/mol. The average Bonchev–Trinajstić information content (AvgIpc) is 3.01. The van der Waals surface area contributed by atoms with Crippen LogP contribution in [0.3, 0.4) is 0 Å². The smallest absolute Gasteiger partial charge is 0.332 e. The van der Waals surface area contributed by atoms with E-state index in [0.29, 0.717) is 26.2 Å². The maximum absolute atomic E-state index is 13.3. The molecule has 10 nitrogen and oxygen atoms in total. The van der Waals surface area contributed by atoms with Crippen molar-refractivity contribution in [2.24, 2.45) is 0 Å². The van der Waals surface area contributed by atoms with Gasteiger partial charge >= 0.3 is 5.69 Å². The Kier molecular flexibility index (Phi) is 8.86. The van der Waals surface area contributed by atoms with E-state index in [-0.39, 0.29) is 42.5 Å². The van der Waals surface area contributed by atoms with Gasteiger partial charge in [-0.1, -0.05) is 30.3 Å². The van der Waals surface area contributed by atoms with Gasteiger partial charge < -0.3 is 11.1 Å². The minimum Gasteiger partial charge on any atom is -0.384 e. The molecule has 1 aromatic carbocycles. The van der Waals surface area contributed by atoms with Gasteiger partial charge in [0.2, 0.25) is 5.91 Å². The highest BCUT2D eigenvalue weighted by Crippen LogP contribution is 2.12. The summed E-state index contributed by atoms with van der Waals surface area (Å²) >= 11 is 0. The van der Waals surface area contributed by atoms with Crippen LogP contribution < -0.4 is 22.3 Å². The molecule has 0 saturated carbocycles. The fraction of sp³-hybridized carbons (Fsp3) is 0.538. The number of rotatable bonds is 8. The van der Waals surface area contributed by atoms with Crippen LogP contribution in [0.25, 0.3) is 0 Å². The lowest BCUT2D eigenvalue weighted by Gasteiger charge is -2.25. The van der Waals surface area contributed by atoms with Crippen molar-refractivity contribution in [3.63, 3.8) is 0 Å². The number of anilines is 1. The minimum atomic E-state index is -0.649. The van der Waals surface area contributed by atoms with Crippen molar-refractivity contribution in [1.29, 1.82) is 0 Å². The number of nitrogens with two attached hydrogens (primary N) is 1. The van der Waals surface area contributed by atoms with Crippen LogP contribution in [-0.2, 0) is 17.9 Å². The lowest BCUT2D eigenvalue weighted by Crippen LogP contribution is -2.47. The first-order valence-corrected chi connectivity index (χ1v) is 12.5. The number of nitrogen functional groups attached to an aromatic ring is 1. The normalized spacial score (nSPS) is 15.4. The number of carbonyl (C=O) groups excluding carboxylic acids is 2. The molecule has 1 aromatic heterocycles. The lowest BCUT2D eigenvalue weighted by molar-refractivity contribution is -0.123.